The summed E-state index contributed by atoms with van der Waals surface area (Å²) in [5.74, 6) is 3.66. The van der Waals surface area contributed by atoms with E-state index in [1.54, 1.807) is 0 Å². The molecule has 12 bridgehead atoms. The molecule has 4 heteroatoms. The lowest BCUT2D eigenvalue weighted by molar-refractivity contribution is -0.388. The van der Waals surface area contributed by atoms with Crippen LogP contribution in [-0.4, -0.2) is 36.0 Å². The van der Waals surface area contributed by atoms with Crippen molar-refractivity contribution in [2.45, 2.75) is 103 Å². The maximum Gasteiger partial charge on any atom is 0.163 e. The largest absolute Gasteiger partial charge is 0.344 e. The molecule has 13 rings (SSSR count). The zero-order chi connectivity index (χ0) is 21.4. The third-order valence-electron chi connectivity index (χ3n) is 15.4. The molecular formula is C28H36O4. The highest BCUT2D eigenvalue weighted by molar-refractivity contribution is 5.60. The van der Waals surface area contributed by atoms with E-state index in [-0.39, 0.29) is 0 Å². The standard InChI is InChI=1S/C28H36O4/c1-21(2)29-17-13-11-12-15-19-20(32-22(3,4)31-19)16(12)28(14(11)18(17)30-21)26-8-23(5)7-25(26,27(13,15)28)9-24(23,6)10-26/h11-20H,7-10H2,1-6H3. The van der Waals surface area contributed by atoms with Crippen LogP contribution in [0.2, 0.25) is 0 Å². The summed E-state index contributed by atoms with van der Waals surface area (Å²) in [5, 5.41) is 0. The minimum Gasteiger partial charge on any atom is -0.344 e. The fourth-order valence-corrected chi connectivity index (χ4v) is 16.7. The van der Waals surface area contributed by atoms with Gasteiger partial charge >= 0.3 is 0 Å². The van der Waals surface area contributed by atoms with E-state index in [1.807, 2.05) is 0 Å². The van der Waals surface area contributed by atoms with Gasteiger partial charge in [-0.1, -0.05) is 13.8 Å². The zero-order valence-electron chi connectivity index (χ0n) is 20.2. The number of fused-ring (bicyclic) bond motifs is 2. The van der Waals surface area contributed by atoms with Gasteiger partial charge in [0.05, 0.1) is 24.4 Å². The molecule has 0 aromatic rings. The first-order valence-electron chi connectivity index (χ1n) is 13.7. The maximum absolute atomic E-state index is 6.81. The lowest BCUT2D eigenvalue weighted by atomic mass is 9.20. The lowest BCUT2D eigenvalue weighted by Crippen LogP contribution is -2.83. The molecule has 4 spiro atoms. The molecule has 4 nitrogen and oxygen atoms in total. The van der Waals surface area contributed by atoms with Crippen LogP contribution in [0.25, 0.3) is 0 Å². The summed E-state index contributed by atoms with van der Waals surface area (Å²) >= 11 is 0. The number of rotatable bonds is 0. The highest BCUT2D eigenvalue weighted by Crippen LogP contribution is 3.15. The quantitative estimate of drug-likeness (QED) is 0.565. The molecule has 8 unspecified atom stereocenters. The molecule has 0 aromatic carbocycles. The first kappa shape index (κ1) is 17.3. The average molecular weight is 437 g/mol. The minimum atomic E-state index is -0.417. The Kier molecular flexibility index (Phi) is 2.01. The van der Waals surface area contributed by atoms with Gasteiger partial charge in [0.25, 0.3) is 0 Å². The number of ether oxygens (including phenoxy) is 4. The van der Waals surface area contributed by atoms with Crippen LogP contribution in [0.1, 0.15) is 67.2 Å². The average Bonchev–Trinajstić information content (AvgIpc) is 3.44. The zero-order valence-corrected chi connectivity index (χ0v) is 20.2. The third-order valence-corrected chi connectivity index (χ3v) is 15.4. The van der Waals surface area contributed by atoms with Gasteiger partial charge < -0.3 is 18.9 Å². The van der Waals surface area contributed by atoms with Crippen molar-refractivity contribution in [1.29, 1.82) is 0 Å². The van der Waals surface area contributed by atoms with E-state index in [0.29, 0.717) is 56.9 Å². The minimum absolute atomic E-state index is 0.331. The second kappa shape index (κ2) is 3.73. The van der Waals surface area contributed by atoms with Gasteiger partial charge in [0.15, 0.2) is 11.6 Å². The van der Waals surface area contributed by atoms with Crippen LogP contribution in [0.5, 0.6) is 0 Å². The fraction of sp³-hybridized carbons (Fsp3) is 1.00. The number of hydrogen-bond donors (Lipinski definition) is 0. The van der Waals surface area contributed by atoms with Crippen LogP contribution in [-0.2, 0) is 18.9 Å². The van der Waals surface area contributed by atoms with Crippen LogP contribution in [0.4, 0.5) is 0 Å². The molecule has 32 heavy (non-hydrogen) atoms. The summed E-state index contributed by atoms with van der Waals surface area (Å²) in [6.07, 6.45) is 7.30. The van der Waals surface area contributed by atoms with E-state index in [9.17, 15) is 0 Å². The SMILES string of the molecule is CC1(C)OC2C(O1)C1C3C4C5C6OC(C)(C)OC6C4C14C16CC7(C)CC1(CC7(C)C6)C54C23. The van der Waals surface area contributed by atoms with Crippen LogP contribution in [0.15, 0.2) is 0 Å². The first-order chi connectivity index (χ1) is 14.9. The van der Waals surface area contributed by atoms with Crippen molar-refractivity contribution in [2.24, 2.45) is 68.0 Å². The van der Waals surface area contributed by atoms with Crippen molar-refractivity contribution in [3.05, 3.63) is 0 Å². The van der Waals surface area contributed by atoms with Crippen LogP contribution < -0.4 is 0 Å². The molecule has 8 atom stereocenters. The Balaban J connectivity index is 1.23. The molecule has 13 fully saturated rings. The smallest absolute Gasteiger partial charge is 0.163 e. The van der Waals surface area contributed by atoms with E-state index in [0.717, 1.165) is 35.5 Å². The Morgan fingerprint density at radius 1 is 0.469 bits per heavy atom. The monoisotopic (exact) mass is 436 g/mol. The van der Waals surface area contributed by atoms with E-state index in [1.165, 1.54) is 25.7 Å². The van der Waals surface area contributed by atoms with E-state index in [4.69, 9.17) is 18.9 Å². The Bertz CT molecular complexity index is 961. The van der Waals surface area contributed by atoms with Crippen molar-refractivity contribution in [1.82, 2.24) is 0 Å². The van der Waals surface area contributed by atoms with Gasteiger partial charge in [-0.05, 0) is 121 Å². The topological polar surface area (TPSA) is 36.9 Å². The molecule has 0 radical (unpaired) electrons. The predicted molar refractivity (Wildman–Crippen MR) is 113 cm³/mol. The van der Waals surface area contributed by atoms with Crippen molar-refractivity contribution >= 4 is 0 Å². The Labute approximate surface area is 190 Å². The van der Waals surface area contributed by atoms with Crippen LogP contribution >= 0.6 is 0 Å². The summed E-state index contributed by atoms with van der Waals surface area (Å²) in [5.41, 5.74) is 3.11. The summed E-state index contributed by atoms with van der Waals surface area (Å²) in [6.45, 7) is 14.0. The molecule has 0 aromatic heterocycles. The van der Waals surface area contributed by atoms with Gasteiger partial charge in [0.2, 0.25) is 0 Å². The van der Waals surface area contributed by atoms with Crippen LogP contribution in [0.3, 0.4) is 0 Å². The number of hydrogen-bond acceptors (Lipinski definition) is 4. The Hall–Kier alpha value is -0.160. The molecule has 11 saturated carbocycles. The summed E-state index contributed by atoms with van der Waals surface area (Å²) in [6, 6.07) is 0. The van der Waals surface area contributed by atoms with E-state index >= 15 is 0 Å². The second-order valence-electron chi connectivity index (χ2n) is 16.1. The van der Waals surface area contributed by atoms with Gasteiger partial charge in [-0.15, -0.1) is 0 Å². The van der Waals surface area contributed by atoms with Gasteiger partial charge in [0.1, 0.15) is 0 Å². The predicted octanol–water partition coefficient (Wildman–Crippen LogP) is 4.36. The summed E-state index contributed by atoms with van der Waals surface area (Å²) < 4.78 is 27.3. The van der Waals surface area contributed by atoms with Crippen LogP contribution in [0, 0.1) is 68.0 Å². The lowest BCUT2D eigenvalue weighted by Gasteiger charge is -2.83. The Morgan fingerprint density at radius 2 is 0.750 bits per heavy atom. The fourth-order valence-electron chi connectivity index (χ4n) is 16.7. The van der Waals surface area contributed by atoms with E-state index < -0.39 is 11.6 Å². The van der Waals surface area contributed by atoms with Gasteiger partial charge in [-0.2, -0.15) is 0 Å². The summed E-state index contributed by atoms with van der Waals surface area (Å²) in [7, 11) is 0. The molecule has 13 aliphatic rings. The van der Waals surface area contributed by atoms with Gasteiger partial charge in [-0.3, -0.25) is 0 Å². The molecule has 0 amide bonds. The molecule has 2 heterocycles. The highest BCUT2D eigenvalue weighted by atomic mass is 16.8. The second-order valence-corrected chi connectivity index (χ2v) is 16.1. The van der Waals surface area contributed by atoms with Crippen molar-refractivity contribution in [2.75, 3.05) is 0 Å². The highest BCUT2D eigenvalue weighted by Gasteiger charge is 3.14. The van der Waals surface area contributed by atoms with Crippen molar-refractivity contribution in [3.8, 4) is 0 Å². The molecular weight excluding hydrogens is 400 g/mol. The third kappa shape index (κ3) is 1.01. The maximum atomic E-state index is 6.81. The molecule has 2 aliphatic heterocycles. The molecule has 2 saturated heterocycles. The van der Waals surface area contributed by atoms with E-state index in [2.05, 4.69) is 41.5 Å². The normalized spacial score (nSPS) is 82.3. The first-order valence-corrected chi connectivity index (χ1v) is 13.7. The van der Waals surface area contributed by atoms with Gasteiger partial charge in [0, 0.05) is 0 Å². The van der Waals surface area contributed by atoms with Crippen molar-refractivity contribution < 1.29 is 18.9 Å². The molecule has 11 aliphatic carbocycles. The summed E-state index contributed by atoms with van der Waals surface area (Å²) in [4.78, 5) is 0. The molecule has 172 valence electrons. The van der Waals surface area contributed by atoms with Crippen molar-refractivity contribution in [3.63, 3.8) is 0 Å². The Morgan fingerprint density at radius 3 is 1.03 bits per heavy atom. The molecule has 0 N–H and O–H groups in total. The van der Waals surface area contributed by atoms with Gasteiger partial charge in [-0.25, -0.2) is 0 Å².